The molecule has 0 saturated heterocycles. The molecular formula is C20H21NO2. The normalized spacial score (nSPS) is 11.5. The maximum atomic E-state index is 6.13. The molecule has 0 bridgehead atoms. The van der Waals surface area contributed by atoms with E-state index in [-0.39, 0.29) is 5.41 Å². The lowest BCUT2D eigenvalue weighted by molar-refractivity contribution is 0.399. The van der Waals surface area contributed by atoms with E-state index in [4.69, 9.17) is 14.1 Å². The number of nitrogens with zero attached hydrogens (tertiary/aromatic N) is 1. The van der Waals surface area contributed by atoms with Crippen molar-refractivity contribution in [1.29, 1.82) is 0 Å². The number of rotatable bonds is 3. The maximum Gasteiger partial charge on any atom is 0.200 e. The van der Waals surface area contributed by atoms with Gasteiger partial charge in [0.25, 0.3) is 0 Å². The highest BCUT2D eigenvalue weighted by Crippen LogP contribution is 2.36. The predicted molar refractivity (Wildman–Crippen MR) is 92.6 cm³/mol. The highest BCUT2D eigenvalue weighted by molar-refractivity contribution is 5.77. The van der Waals surface area contributed by atoms with E-state index < -0.39 is 0 Å². The first-order valence-corrected chi connectivity index (χ1v) is 7.70. The number of oxazole rings is 1. The second-order valence-corrected chi connectivity index (χ2v) is 6.54. The highest BCUT2D eigenvalue weighted by Gasteiger charge is 2.25. The molecule has 0 unspecified atom stereocenters. The molecule has 0 aliphatic rings. The summed E-state index contributed by atoms with van der Waals surface area (Å²) in [6.45, 7) is 6.31. The molecule has 0 amide bonds. The molecule has 23 heavy (non-hydrogen) atoms. The lowest BCUT2D eigenvalue weighted by Crippen LogP contribution is -2.11. The molecule has 1 heterocycles. The van der Waals surface area contributed by atoms with E-state index in [2.05, 4.69) is 20.8 Å². The predicted octanol–water partition coefficient (Wildman–Crippen LogP) is 5.31. The average molecular weight is 307 g/mol. The summed E-state index contributed by atoms with van der Waals surface area (Å²) in [5, 5.41) is 0. The number of methoxy groups -OCH3 is 1. The molecule has 3 rings (SSSR count). The minimum absolute atomic E-state index is 0.145. The van der Waals surface area contributed by atoms with Crippen molar-refractivity contribution in [1.82, 2.24) is 4.98 Å². The molecule has 0 aliphatic heterocycles. The molecule has 0 atom stereocenters. The van der Waals surface area contributed by atoms with Gasteiger partial charge < -0.3 is 9.15 Å². The minimum atomic E-state index is -0.145. The summed E-state index contributed by atoms with van der Waals surface area (Å²) >= 11 is 0. The minimum Gasteiger partial charge on any atom is -0.497 e. The highest BCUT2D eigenvalue weighted by atomic mass is 16.5. The molecule has 3 heteroatoms. The summed E-state index contributed by atoms with van der Waals surface area (Å²) in [6, 6.07) is 18.0. The Hall–Kier alpha value is -2.55. The van der Waals surface area contributed by atoms with E-state index in [1.165, 1.54) is 0 Å². The lowest BCUT2D eigenvalue weighted by Gasteiger charge is -2.12. The molecule has 3 aromatic rings. The first-order valence-electron chi connectivity index (χ1n) is 7.70. The van der Waals surface area contributed by atoms with Crippen LogP contribution >= 0.6 is 0 Å². The first kappa shape index (κ1) is 15.3. The average Bonchev–Trinajstić information content (AvgIpc) is 3.01. The fourth-order valence-electron chi connectivity index (χ4n) is 2.37. The number of benzene rings is 2. The quantitative estimate of drug-likeness (QED) is 0.657. The standard InChI is InChI=1S/C20H21NO2/c1-20(2,3)19-21-17(14-10-12-16(22-4)13-11-14)18(23-19)15-8-6-5-7-9-15/h5-13H,1-4H3. The Kier molecular flexibility index (Phi) is 3.95. The summed E-state index contributed by atoms with van der Waals surface area (Å²) in [4.78, 5) is 4.78. The van der Waals surface area contributed by atoms with Gasteiger partial charge in [-0.15, -0.1) is 0 Å². The third-order valence-corrected chi connectivity index (χ3v) is 3.67. The van der Waals surface area contributed by atoms with Crippen LogP contribution in [-0.4, -0.2) is 12.1 Å². The van der Waals surface area contributed by atoms with Crippen molar-refractivity contribution in [3.05, 3.63) is 60.5 Å². The molecule has 0 radical (unpaired) electrons. The topological polar surface area (TPSA) is 35.3 Å². The Balaban J connectivity index is 2.15. The maximum absolute atomic E-state index is 6.13. The van der Waals surface area contributed by atoms with E-state index in [0.717, 1.165) is 34.2 Å². The van der Waals surface area contributed by atoms with Gasteiger partial charge in [-0.05, 0) is 24.3 Å². The van der Waals surface area contributed by atoms with Gasteiger partial charge >= 0.3 is 0 Å². The van der Waals surface area contributed by atoms with Crippen molar-refractivity contribution < 1.29 is 9.15 Å². The van der Waals surface area contributed by atoms with Crippen molar-refractivity contribution in [3.63, 3.8) is 0 Å². The fraction of sp³-hybridized carbons (Fsp3) is 0.250. The Morgan fingerprint density at radius 2 is 1.52 bits per heavy atom. The molecule has 0 fully saturated rings. The third kappa shape index (κ3) is 3.14. The summed E-state index contributed by atoms with van der Waals surface area (Å²) in [7, 11) is 1.66. The van der Waals surface area contributed by atoms with Crippen LogP contribution in [-0.2, 0) is 5.41 Å². The Morgan fingerprint density at radius 1 is 0.870 bits per heavy atom. The molecule has 0 aliphatic carbocycles. The van der Waals surface area contributed by atoms with Crippen LogP contribution in [0.15, 0.2) is 59.0 Å². The molecule has 1 aromatic heterocycles. The van der Waals surface area contributed by atoms with E-state index in [1.54, 1.807) is 7.11 Å². The van der Waals surface area contributed by atoms with E-state index >= 15 is 0 Å². The molecule has 3 nitrogen and oxygen atoms in total. The number of hydrogen-bond donors (Lipinski definition) is 0. The SMILES string of the molecule is COc1ccc(-c2nc(C(C)(C)C)oc2-c2ccccc2)cc1. The summed E-state index contributed by atoms with van der Waals surface area (Å²) < 4.78 is 11.4. The smallest absolute Gasteiger partial charge is 0.200 e. The monoisotopic (exact) mass is 307 g/mol. The second-order valence-electron chi connectivity index (χ2n) is 6.54. The van der Waals surface area contributed by atoms with E-state index in [1.807, 2.05) is 54.6 Å². The van der Waals surface area contributed by atoms with Gasteiger partial charge in [0.1, 0.15) is 11.4 Å². The van der Waals surface area contributed by atoms with Gasteiger partial charge in [-0.3, -0.25) is 0 Å². The van der Waals surface area contributed by atoms with Crippen LogP contribution in [0.2, 0.25) is 0 Å². The lowest BCUT2D eigenvalue weighted by atomic mass is 9.97. The number of aromatic nitrogens is 1. The van der Waals surface area contributed by atoms with Crippen LogP contribution in [0.4, 0.5) is 0 Å². The van der Waals surface area contributed by atoms with Crippen LogP contribution < -0.4 is 4.74 Å². The van der Waals surface area contributed by atoms with Crippen molar-refractivity contribution >= 4 is 0 Å². The molecule has 118 valence electrons. The zero-order chi connectivity index (χ0) is 16.4. The molecule has 2 aromatic carbocycles. The number of hydrogen-bond acceptors (Lipinski definition) is 3. The van der Waals surface area contributed by atoms with Crippen LogP contribution in [0.25, 0.3) is 22.6 Å². The van der Waals surface area contributed by atoms with Crippen LogP contribution in [0, 0.1) is 0 Å². The summed E-state index contributed by atoms with van der Waals surface area (Å²) in [6.07, 6.45) is 0. The van der Waals surface area contributed by atoms with Gasteiger partial charge in [-0.1, -0.05) is 51.1 Å². The Morgan fingerprint density at radius 3 is 2.09 bits per heavy atom. The van der Waals surface area contributed by atoms with Crippen molar-refractivity contribution in [2.45, 2.75) is 26.2 Å². The number of ether oxygens (including phenoxy) is 1. The largest absolute Gasteiger partial charge is 0.497 e. The van der Waals surface area contributed by atoms with Gasteiger partial charge in [0.15, 0.2) is 5.76 Å². The van der Waals surface area contributed by atoms with Gasteiger partial charge in [-0.2, -0.15) is 0 Å². The van der Waals surface area contributed by atoms with Crippen molar-refractivity contribution in [2.75, 3.05) is 7.11 Å². The van der Waals surface area contributed by atoms with Gasteiger partial charge in [0.2, 0.25) is 5.89 Å². The summed E-state index contributed by atoms with van der Waals surface area (Å²) in [5.74, 6) is 2.37. The molecular weight excluding hydrogens is 286 g/mol. The van der Waals surface area contributed by atoms with Gasteiger partial charge in [0, 0.05) is 16.5 Å². The molecule has 0 saturated carbocycles. The zero-order valence-electron chi connectivity index (χ0n) is 14.0. The third-order valence-electron chi connectivity index (χ3n) is 3.67. The van der Waals surface area contributed by atoms with E-state index in [0.29, 0.717) is 0 Å². The zero-order valence-corrected chi connectivity index (χ0v) is 14.0. The molecule has 0 N–H and O–H groups in total. The fourth-order valence-corrected chi connectivity index (χ4v) is 2.37. The second kappa shape index (κ2) is 5.92. The Labute approximate surface area is 136 Å². The van der Waals surface area contributed by atoms with Gasteiger partial charge in [0.05, 0.1) is 7.11 Å². The van der Waals surface area contributed by atoms with E-state index in [9.17, 15) is 0 Å². The van der Waals surface area contributed by atoms with Gasteiger partial charge in [-0.25, -0.2) is 4.98 Å². The van der Waals surface area contributed by atoms with Crippen molar-refractivity contribution in [3.8, 4) is 28.3 Å². The van der Waals surface area contributed by atoms with Crippen LogP contribution in [0.1, 0.15) is 26.7 Å². The van der Waals surface area contributed by atoms with Crippen LogP contribution in [0.3, 0.4) is 0 Å². The first-order chi connectivity index (χ1) is 11.0. The summed E-state index contributed by atoms with van der Waals surface area (Å²) in [5.41, 5.74) is 2.77. The molecule has 0 spiro atoms. The van der Waals surface area contributed by atoms with Crippen molar-refractivity contribution in [2.24, 2.45) is 0 Å². The van der Waals surface area contributed by atoms with Crippen LogP contribution in [0.5, 0.6) is 5.75 Å². The Bertz CT molecular complexity index is 781.